The zero-order valence-corrected chi connectivity index (χ0v) is 35.9. The first-order chi connectivity index (χ1) is 31.7. The van der Waals surface area contributed by atoms with Gasteiger partial charge in [0.2, 0.25) is 0 Å². The van der Waals surface area contributed by atoms with Gasteiger partial charge in [-0.15, -0.1) is 0 Å². The summed E-state index contributed by atoms with van der Waals surface area (Å²) < 4.78 is 13.7. The fraction of sp³-hybridized carbons (Fsp3) is 0. The third-order valence-corrected chi connectivity index (χ3v) is 17.6. The Morgan fingerprint density at radius 2 is 0.797 bits per heavy atom. The lowest BCUT2D eigenvalue weighted by molar-refractivity contribution is 0.668. The first-order valence-corrected chi connectivity index (χ1v) is 23.8. The Labute approximate surface area is 372 Å². The number of hydrogen-bond donors (Lipinski definition) is 0. The van der Waals surface area contributed by atoms with E-state index < -0.39 is 8.07 Å². The second-order valence-corrected chi connectivity index (χ2v) is 20.2. The van der Waals surface area contributed by atoms with Gasteiger partial charge in [-0.25, -0.2) is 0 Å². The summed E-state index contributed by atoms with van der Waals surface area (Å²) >= 11 is 0. The first-order valence-electron chi connectivity index (χ1n) is 21.8. The topological polar surface area (TPSA) is 29.5 Å². The number of nitrogens with zero attached hydrogens (tertiary/aromatic N) is 1. The van der Waals surface area contributed by atoms with Gasteiger partial charge < -0.3 is 13.7 Å². The average Bonchev–Trinajstić information content (AvgIpc) is 3.95. The van der Waals surface area contributed by atoms with Crippen LogP contribution in [0.15, 0.2) is 258 Å². The highest BCUT2D eigenvalue weighted by Gasteiger charge is 2.41. The fourth-order valence-electron chi connectivity index (χ4n) is 9.89. The van der Waals surface area contributed by atoms with Crippen molar-refractivity contribution < 1.29 is 8.83 Å². The molecule has 10 aromatic carbocycles. The van der Waals surface area contributed by atoms with Gasteiger partial charge in [0, 0.05) is 38.9 Å². The molecule has 0 aliphatic carbocycles. The normalized spacial score (nSPS) is 11.8. The number of hydrogen-bond acceptors (Lipinski definition) is 3. The number of para-hydroxylation sites is 3. The van der Waals surface area contributed by atoms with Crippen molar-refractivity contribution in [1.82, 2.24) is 0 Å². The summed E-state index contributed by atoms with van der Waals surface area (Å²) in [6.07, 6.45) is 0. The minimum Gasteiger partial charge on any atom is -0.456 e. The summed E-state index contributed by atoms with van der Waals surface area (Å²) in [6.45, 7) is 0. The lowest BCUT2D eigenvalue weighted by Gasteiger charge is -2.34. The third kappa shape index (κ3) is 6.18. The number of benzene rings is 10. The summed E-state index contributed by atoms with van der Waals surface area (Å²) in [7, 11) is -2.62. The number of anilines is 3. The molecule has 0 unspecified atom stereocenters. The Morgan fingerprint density at radius 1 is 0.297 bits per heavy atom. The molecule has 0 aliphatic rings. The van der Waals surface area contributed by atoms with E-state index in [1.54, 1.807) is 0 Å². The maximum absolute atomic E-state index is 6.91. The molecular weight excluding hydrogens is 795 g/mol. The molecule has 0 spiro atoms. The lowest BCUT2D eigenvalue weighted by Crippen LogP contribution is -2.74. The van der Waals surface area contributed by atoms with E-state index in [1.807, 2.05) is 6.07 Å². The van der Waals surface area contributed by atoms with E-state index in [0.717, 1.165) is 83.2 Å². The van der Waals surface area contributed by atoms with E-state index in [9.17, 15) is 0 Å². The standard InChI is InChI=1S/C60H41NO2Si/c1-6-18-43(19-7-1)51-28-16-29-54-55-30-17-31-56(60(55)63-59(51)54)61(45-20-8-2-9-21-45)46-35-39-53-52-38-34-44(40-57(52)62-58(53)41-46)42-32-36-50(37-33-42)64(47-22-10-3-11-23-47,48-24-12-4-13-25-48)49-26-14-5-15-27-49/h1-41H. The molecule has 2 heterocycles. The molecule has 4 heteroatoms. The maximum Gasteiger partial charge on any atom is 0.179 e. The SMILES string of the molecule is c1ccc(-c2cccc3c2oc2c(N(c4ccccc4)c4ccc5c(c4)oc4cc(-c6ccc([Si](c7ccccc7)(c7ccccc7)c7ccccc7)cc6)ccc45)cccc23)cc1. The van der Waals surface area contributed by atoms with Crippen LogP contribution < -0.4 is 25.6 Å². The van der Waals surface area contributed by atoms with E-state index in [2.05, 4.69) is 248 Å². The molecule has 0 saturated heterocycles. The largest absolute Gasteiger partial charge is 0.456 e. The van der Waals surface area contributed by atoms with Crippen molar-refractivity contribution in [3.8, 4) is 22.3 Å². The highest BCUT2D eigenvalue weighted by molar-refractivity contribution is 7.19. The van der Waals surface area contributed by atoms with E-state index in [4.69, 9.17) is 8.83 Å². The Bertz CT molecular complexity index is 3490. The van der Waals surface area contributed by atoms with Crippen LogP contribution in [0, 0.1) is 0 Å². The molecule has 64 heavy (non-hydrogen) atoms. The Balaban J connectivity index is 0.949. The van der Waals surface area contributed by atoms with Crippen LogP contribution in [0.5, 0.6) is 0 Å². The Kier molecular flexibility index (Phi) is 9.17. The molecule has 0 bridgehead atoms. The first kappa shape index (κ1) is 37.6. The van der Waals surface area contributed by atoms with Gasteiger partial charge in [0.25, 0.3) is 0 Å². The molecule has 0 amide bonds. The van der Waals surface area contributed by atoms with Crippen LogP contribution in [0.1, 0.15) is 0 Å². The maximum atomic E-state index is 6.91. The van der Waals surface area contributed by atoms with E-state index in [-0.39, 0.29) is 0 Å². The third-order valence-electron chi connectivity index (χ3n) is 12.8. The monoisotopic (exact) mass is 835 g/mol. The van der Waals surface area contributed by atoms with Crippen molar-refractivity contribution in [2.75, 3.05) is 4.90 Å². The molecule has 0 radical (unpaired) electrons. The second-order valence-electron chi connectivity index (χ2n) is 16.4. The lowest BCUT2D eigenvalue weighted by atomic mass is 10.0. The molecule has 2 aromatic heterocycles. The van der Waals surface area contributed by atoms with Crippen LogP contribution in [-0.4, -0.2) is 8.07 Å². The van der Waals surface area contributed by atoms with Crippen LogP contribution in [-0.2, 0) is 0 Å². The van der Waals surface area contributed by atoms with Crippen LogP contribution in [0.2, 0.25) is 0 Å². The van der Waals surface area contributed by atoms with Gasteiger partial charge in [-0.3, -0.25) is 0 Å². The predicted octanol–water partition coefficient (Wildman–Crippen LogP) is 13.7. The molecule has 0 saturated carbocycles. The van der Waals surface area contributed by atoms with Crippen LogP contribution in [0.4, 0.5) is 17.1 Å². The van der Waals surface area contributed by atoms with Crippen molar-refractivity contribution >= 4 is 89.8 Å². The minimum atomic E-state index is -2.62. The summed E-state index contributed by atoms with van der Waals surface area (Å²) in [5.74, 6) is 0. The van der Waals surface area contributed by atoms with Crippen molar-refractivity contribution in [2.45, 2.75) is 0 Å². The molecule has 0 N–H and O–H groups in total. The van der Waals surface area contributed by atoms with Crippen molar-refractivity contribution in [3.63, 3.8) is 0 Å². The van der Waals surface area contributed by atoms with Gasteiger partial charge in [-0.2, -0.15) is 0 Å². The Hall–Kier alpha value is -8.18. The predicted molar refractivity (Wildman–Crippen MR) is 270 cm³/mol. The second kappa shape index (κ2) is 15.6. The molecule has 3 nitrogen and oxygen atoms in total. The number of furan rings is 2. The average molecular weight is 836 g/mol. The summed E-state index contributed by atoms with van der Waals surface area (Å²) in [6, 6.07) is 89.4. The van der Waals surface area contributed by atoms with E-state index in [1.165, 1.54) is 20.7 Å². The molecule has 0 atom stereocenters. The summed E-state index contributed by atoms with van der Waals surface area (Å²) in [4.78, 5) is 2.27. The molecule has 302 valence electrons. The zero-order chi connectivity index (χ0) is 42.5. The van der Waals surface area contributed by atoms with Crippen molar-refractivity contribution in [1.29, 1.82) is 0 Å². The van der Waals surface area contributed by atoms with Crippen molar-refractivity contribution in [3.05, 3.63) is 249 Å². The molecular formula is C60H41NO2Si. The zero-order valence-electron chi connectivity index (χ0n) is 34.9. The van der Waals surface area contributed by atoms with Crippen LogP contribution in [0.25, 0.3) is 66.1 Å². The molecule has 12 aromatic rings. The summed E-state index contributed by atoms with van der Waals surface area (Å²) in [5, 5.41) is 9.76. The Morgan fingerprint density at radius 3 is 1.42 bits per heavy atom. The van der Waals surface area contributed by atoms with Crippen LogP contribution >= 0.6 is 0 Å². The van der Waals surface area contributed by atoms with Gasteiger partial charge >= 0.3 is 0 Å². The quantitative estimate of drug-likeness (QED) is 0.107. The van der Waals surface area contributed by atoms with Gasteiger partial charge in [0.1, 0.15) is 16.7 Å². The number of fused-ring (bicyclic) bond motifs is 6. The van der Waals surface area contributed by atoms with E-state index in [0.29, 0.717) is 0 Å². The van der Waals surface area contributed by atoms with Gasteiger partial charge in [-0.05, 0) is 79.9 Å². The highest BCUT2D eigenvalue weighted by Crippen LogP contribution is 2.45. The van der Waals surface area contributed by atoms with Gasteiger partial charge in [0.15, 0.2) is 13.7 Å². The smallest absolute Gasteiger partial charge is 0.179 e. The van der Waals surface area contributed by atoms with Crippen LogP contribution in [0.3, 0.4) is 0 Å². The van der Waals surface area contributed by atoms with Crippen molar-refractivity contribution in [2.24, 2.45) is 0 Å². The fourth-order valence-corrected chi connectivity index (χ4v) is 14.6. The minimum absolute atomic E-state index is 0.827. The highest BCUT2D eigenvalue weighted by atomic mass is 28.3. The summed E-state index contributed by atoms with van der Waals surface area (Å²) in [5.41, 5.74) is 10.8. The van der Waals surface area contributed by atoms with Gasteiger partial charge in [0.05, 0.1) is 11.4 Å². The van der Waals surface area contributed by atoms with Gasteiger partial charge in [-0.1, -0.05) is 200 Å². The van der Waals surface area contributed by atoms with E-state index >= 15 is 0 Å². The molecule has 0 fully saturated rings. The number of rotatable bonds is 9. The molecule has 12 rings (SSSR count). The molecule has 0 aliphatic heterocycles.